The lowest BCUT2D eigenvalue weighted by Gasteiger charge is -2.02. The van der Waals surface area contributed by atoms with E-state index in [9.17, 15) is 4.79 Å². The number of nitrogens with zero attached hydrogens (tertiary/aromatic N) is 5. The molecule has 1 N–H and O–H groups in total. The fourth-order valence-electron chi connectivity index (χ4n) is 2.12. The van der Waals surface area contributed by atoms with Gasteiger partial charge in [0.2, 0.25) is 11.9 Å². The summed E-state index contributed by atoms with van der Waals surface area (Å²) in [6.45, 7) is 2.28. The molecule has 0 saturated heterocycles. The molecule has 0 spiro atoms. The van der Waals surface area contributed by atoms with Gasteiger partial charge in [-0.25, -0.2) is 4.68 Å². The van der Waals surface area contributed by atoms with Crippen molar-refractivity contribution in [1.29, 1.82) is 0 Å². The Morgan fingerprint density at radius 2 is 2.09 bits per heavy atom. The van der Waals surface area contributed by atoms with Crippen LogP contribution in [0.4, 0.5) is 5.95 Å². The fourth-order valence-corrected chi connectivity index (χ4v) is 2.28. The Labute approximate surface area is 137 Å². The number of carbonyl (C=O) groups is 1. The second kappa shape index (κ2) is 6.62. The monoisotopic (exact) mass is 330 g/mol. The van der Waals surface area contributed by atoms with Gasteiger partial charge in [0.1, 0.15) is 5.82 Å². The van der Waals surface area contributed by atoms with Crippen LogP contribution in [-0.2, 0) is 11.3 Å². The fraction of sp³-hybridized carbons (Fsp3) is 0.200. The molecule has 23 heavy (non-hydrogen) atoms. The lowest BCUT2D eigenvalue weighted by atomic mass is 10.3. The van der Waals surface area contributed by atoms with Crippen molar-refractivity contribution in [3.63, 3.8) is 0 Å². The number of para-hydroxylation sites is 1. The molecule has 1 aromatic carbocycles. The largest absolute Gasteiger partial charge is 0.293 e. The summed E-state index contributed by atoms with van der Waals surface area (Å²) in [5.41, 5.74) is 0.893. The molecular formula is C15H15ClN6O. The second-order valence-corrected chi connectivity index (χ2v) is 5.39. The smallest absolute Gasteiger partial charge is 0.249 e. The van der Waals surface area contributed by atoms with Gasteiger partial charge in [-0.05, 0) is 19.1 Å². The number of carbonyl (C=O) groups excluding carboxylic acids is 1. The minimum atomic E-state index is -0.179. The SMILES string of the molecule is Cc1nc(NC(=O)CCn2cc(Cl)cn2)nn1-c1ccccc1. The van der Waals surface area contributed by atoms with Crippen LogP contribution in [0.3, 0.4) is 0 Å². The van der Waals surface area contributed by atoms with E-state index in [1.165, 1.54) is 6.20 Å². The minimum Gasteiger partial charge on any atom is -0.293 e. The average Bonchev–Trinajstić information content (AvgIpc) is 3.12. The molecule has 0 unspecified atom stereocenters. The molecule has 2 heterocycles. The Morgan fingerprint density at radius 1 is 1.30 bits per heavy atom. The quantitative estimate of drug-likeness (QED) is 0.779. The zero-order chi connectivity index (χ0) is 16.2. The summed E-state index contributed by atoms with van der Waals surface area (Å²) in [5, 5.41) is 11.6. The zero-order valence-corrected chi connectivity index (χ0v) is 13.2. The third-order valence-electron chi connectivity index (χ3n) is 3.19. The maximum atomic E-state index is 12.0. The van der Waals surface area contributed by atoms with Crippen LogP contribution >= 0.6 is 11.6 Å². The van der Waals surface area contributed by atoms with E-state index >= 15 is 0 Å². The molecule has 0 aliphatic heterocycles. The number of hydrogen-bond acceptors (Lipinski definition) is 4. The van der Waals surface area contributed by atoms with Crippen LogP contribution in [0.5, 0.6) is 0 Å². The third-order valence-corrected chi connectivity index (χ3v) is 3.39. The summed E-state index contributed by atoms with van der Waals surface area (Å²) in [4.78, 5) is 16.2. The van der Waals surface area contributed by atoms with Gasteiger partial charge in [0.05, 0.1) is 16.9 Å². The Bertz CT molecular complexity index is 810. The van der Waals surface area contributed by atoms with Crippen molar-refractivity contribution < 1.29 is 4.79 Å². The Kier molecular flexibility index (Phi) is 4.38. The molecule has 118 valence electrons. The molecule has 1 amide bonds. The van der Waals surface area contributed by atoms with E-state index in [-0.39, 0.29) is 18.3 Å². The molecule has 3 aromatic rings. The van der Waals surface area contributed by atoms with Crippen LogP contribution < -0.4 is 5.32 Å². The molecular weight excluding hydrogens is 316 g/mol. The normalized spacial score (nSPS) is 10.7. The molecule has 0 aliphatic rings. The highest BCUT2D eigenvalue weighted by molar-refractivity contribution is 6.30. The first-order chi connectivity index (χ1) is 11.1. The standard InChI is InChI=1S/C15H15ClN6O/c1-11-18-15(20-22(11)13-5-3-2-4-6-13)19-14(23)7-8-21-10-12(16)9-17-21/h2-6,9-10H,7-8H2,1H3,(H,19,20,23). The minimum absolute atomic E-state index is 0.179. The molecule has 2 aromatic heterocycles. The maximum absolute atomic E-state index is 12.0. The van der Waals surface area contributed by atoms with Crippen LogP contribution in [0.1, 0.15) is 12.2 Å². The first kappa shape index (κ1) is 15.2. The van der Waals surface area contributed by atoms with Crippen LogP contribution in [-0.4, -0.2) is 30.5 Å². The van der Waals surface area contributed by atoms with Gasteiger partial charge in [-0.2, -0.15) is 10.1 Å². The number of hydrogen-bond donors (Lipinski definition) is 1. The molecule has 3 rings (SSSR count). The van der Waals surface area contributed by atoms with Crippen molar-refractivity contribution >= 4 is 23.5 Å². The Hall–Kier alpha value is -2.67. The van der Waals surface area contributed by atoms with E-state index in [0.717, 1.165) is 5.69 Å². The van der Waals surface area contributed by atoms with Gasteiger partial charge in [0.25, 0.3) is 0 Å². The van der Waals surface area contributed by atoms with Crippen LogP contribution in [0, 0.1) is 6.92 Å². The number of aromatic nitrogens is 5. The molecule has 0 fully saturated rings. The van der Waals surface area contributed by atoms with Gasteiger partial charge in [-0.3, -0.25) is 14.8 Å². The summed E-state index contributed by atoms with van der Waals surface area (Å²) in [7, 11) is 0. The van der Waals surface area contributed by atoms with Gasteiger partial charge in [0.15, 0.2) is 0 Å². The van der Waals surface area contributed by atoms with Gasteiger partial charge >= 0.3 is 0 Å². The van der Waals surface area contributed by atoms with Crippen molar-refractivity contribution in [3.05, 3.63) is 53.6 Å². The van der Waals surface area contributed by atoms with Crippen molar-refractivity contribution in [2.24, 2.45) is 0 Å². The second-order valence-electron chi connectivity index (χ2n) is 4.95. The van der Waals surface area contributed by atoms with Crippen LogP contribution in [0.25, 0.3) is 5.69 Å². The highest BCUT2D eigenvalue weighted by atomic mass is 35.5. The Balaban J connectivity index is 1.63. The number of nitrogens with one attached hydrogen (secondary N) is 1. The summed E-state index contributed by atoms with van der Waals surface area (Å²) < 4.78 is 3.30. The van der Waals surface area contributed by atoms with Crippen molar-refractivity contribution in [2.75, 3.05) is 5.32 Å². The summed E-state index contributed by atoms with van der Waals surface area (Å²) in [6, 6.07) is 9.62. The van der Waals surface area contributed by atoms with Gasteiger partial charge in [0, 0.05) is 19.2 Å². The summed E-state index contributed by atoms with van der Waals surface area (Å²) in [6.07, 6.45) is 3.46. The van der Waals surface area contributed by atoms with E-state index in [2.05, 4.69) is 20.5 Å². The van der Waals surface area contributed by atoms with E-state index in [0.29, 0.717) is 17.4 Å². The number of aryl methyl sites for hydroxylation is 2. The van der Waals surface area contributed by atoms with E-state index in [4.69, 9.17) is 11.6 Å². The number of amides is 1. The molecule has 7 nitrogen and oxygen atoms in total. The van der Waals surface area contributed by atoms with E-state index in [1.807, 2.05) is 37.3 Å². The topological polar surface area (TPSA) is 77.6 Å². The molecule has 0 saturated carbocycles. The Morgan fingerprint density at radius 3 is 2.78 bits per heavy atom. The molecule has 0 aliphatic carbocycles. The predicted octanol–water partition coefficient (Wildman–Crippen LogP) is 2.45. The summed E-state index contributed by atoms with van der Waals surface area (Å²) in [5.74, 6) is 0.807. The number of anilines is 1. The molecule has 8 heteroatoms. The van der Waals surface area contributed by atoms with Crippen molar-refractivity contribution in [2.45, 2.75) is 19.9 Å². The van der Waals surface area contributed by atoms with Gasteiger partial charge in [-0.15, -0.1) is 5.10 Å². The first-order valence-corrected chi connectivity index (χ1v) is 7.46. The van der Waals surface area contributed by atoms with Crippen LogP contribution in [0.15, 0.2) is 42.7 Å². The van der Waals surface area contributed by atoms with Crippen LogP contribution in [0.2, 0.25) is 5.02 Å². The number of rotatable bonds is 5. The molecule has 0 atom stereocenters. The lowest BCUT2D eigenvalue weighted by Crippen LogP contribution is -2.15. The van der Waals surface area contributed by atoms with Crippen molar-refractivity contribution in [3.8, 4) is 5.69 Å². The first-order valence-electron chi connectivity index (χ1n) is 7.09. The predicted molar refractivity (Wildman–Crippen MR) is 86.6 cm³/mol. The molecule has 0 bridgehead atoms. The lowest BCUT2D eigenvalue weighted by molar-refractivity contribution is -0.116. The van der Waals surface area contributed by atoms with Gasteiger partial charge < -0.3 is 0 Å². The number of halogens is 1. The van der Waals surface area contributed by atoms with E-state index < -0.39 is 0 Å². The van der Waals surface area contributed by atoms with Gasteiger partial charge in [-0.1, -0.05) is 29.8 Å². The molecule has 0 radical (unpaired) electrons. The summed E-state index contributed by atoms with van der Waals surface area (Å²) >= 11 is 5.78. The highest BCUT2D eigenvalue weighted by Gasteiger charge is 2.11. The maximum Gasteiger partial charge on any atom is 0.249 e. The average molecular weight is 331 g/mol. The highest BCUT2D eigenvalue weighted by Crippen LogP contribution is 2.11. The number of benzene rings is 1. The third kappa shape index (κ3) is 3.75. The van der Waals surface area contributed by atoms with Crippen molar-refractivity contribution in [1.82, 2.24) is 24.5 Å². The zero-order valence-electron chi connectivity index (χ0n) is 12.5. The van der Waals surface area contributed by atoms with E-state index in [1.54, 1.807) is 15.6 Å².